The lowest BCUT2D eigenvalue weighted by molar-refractivity contribution is 0.0387. The minimum absolute atomic E-state index is 0.134. The number of hydrogen-bond donors (Lipinski definition) is 1. The minimum atomic E-state index is -0.619. The van der Waals surface area contributed by atoms with E-state index in [1.807, 2.05) is 0 Å². The first-order chi connectivity index (χ1) is 8.48. The predicted molar refractivity (Wildman–Crippen MR) is 72.2 cm³/mol. The maximum absolute atomic E-state index is 13.5. The molecule has 2 rings (SSSR count). The van der Waals surface area contributed by atoms with Crippen molar-refractivity contribution in [3.63, 3.8) is 0 Å². The molecule has 1 N–H and O–H groups in total. The van der Waals surface area contributed by atoms with Crippen LogP contribution in [0.4, 0.5) is 4.39 Å². The van der Waals surface area contributed by atoms with Gasteiger partial charge in [0.2, 0.25) is 0 Å². The molecule has 1 aliphatic carbocycles. The second-order valence-corrected chi connectivity index (χ2v) is 6.13. The summed E-state index contributed by atoms with van der Waals surface area (Å²) in [5, 5.41) is 10.6. The van der Waals surface area contributed by atoms with Gasteiger partial charge in [0, 0.05) is 11.6 Å². The van der Waals surface area contributed by atoms with Crippen LogP contribution in [0.3, 0.4) is 0 Å². The Labute approximate surface area is 115 Å². The molecule has 18 heavy (non-hydrogen) atoms. The highest BCUT2D eigenvalue weighted by atomic mass is 79.9. The van der Waals surface area contributed by atoms with Crippen molar-refractivity contribution in [1.29, 1.82) is 0 Å². The van der Waals surface area contributed by atoms with E-state index < -0.39 is 6.10 Å². The van der Waals surface area contributed by atoms with Crippen LogP contribution >= 0.6 is 15.9 Å². The predicted octanol–water partition coefficient (Wildman–Crippen LogP) is 4.21. The lowest BCUT2D eigenvalue weighted by Gasteiger charge is -2.31. The van der Waals surface area contributed by atoms with E-state index in [4.69, 9.17) is 4.74 Å². The average Bonchev–Trinajstić information content (AvgIpc) is 2.79. The van der Waals surface area contributed by atoms with Gasteiger partial charge in [-0.2, -0.15) is 0 Å². The normalized spacial score (nSPS) is 19.8. The maximum Gasteiger partial charge on any atom is 0.141 e. The molecule has 1 fully saturated rings. The lowest BCUT2D eigenvalue weighted by atomic mass is 9.79. The third-order valence-electron chi connectivity index (χ3n) is 3.97. The fraction of sp³-hybridized carbons (Fsp3) is 0.571. The molecule has 1 aliphatic rings. The lowest BCUT2D eigenvalue weighted by Crippen LogP contribution is -2.22. The minimum Gasteiger partial charge on any atom is -0.496 e. The molecule has 0 saturated heterocycles. The summed E-state index contributed by atoms with van der Waals surface area (Å²) < 4.78 is 19.0. The largest absolute Gasteiger partial charge is 0.496 e. The van der Waals surface area contributed by atoms with E-state index >= 15 is 0 Å². The molecular weight excluding hydrogens is 299 g/mol. The fourth-order valence-corrected chi connectivity index (χ4v) is 3.13. The maximum atomic E-state index is 13.5. The monoisotopic (exact) mass is 316 g/mol. The van der Waals surface area contributed by atoms with Gasteiger partial charge in [0.1, 0.15) is 11.6 Å². The third-order valence-corrected chi connectivity index (χ3v) is 4.58. The van der Waals surface area contributed by atoms with E-state index in [1.54, 1.807) is 6.07 Å². The summed E-state index contributed by atoms with van der Waals surface area (Å²) in [7, 11) is 1.50. The number of methoxy groups -OCH3 is 1. The number of benzene rings is 1. The summed E-state index contributed by atoms with van der Waals surface area (Å²) in [5.74, 6) is 0.0377. The van der Waals surface area contributed by atoms with E-state index in [1.165, 1.54) is 13.2 Å². The number of rotatable bonds is 3. The first-order valence-corrected chi connectivity index (χ1v) is 6.98. The molecule has 1 saturated carbocycles. The zero-order valence-electron chi connectivity index (χ0n) is 10.7. The smallest absolute Gasteiger partial charge is 0.141 e. The summed E-state index contributed by atoms with van der Waals surface area (Å²) in [6.45, 7) is 2.08. The Morgan fingerprint density at radius 3 is 2.56 bits per heavy atom. The Morgan fingerprint density at radius 2 is 2.00 bits per heavy atom. The SMILES string of the molecule is COc1cc(F)c(Br)cc1C(O)C1(C)CCCC1. The zero-order valence-corrected chi connectivity index (χ0v) is 12.3. The molecule has 1 unspecified atom stereocenters. The van der Waals surface area contributed by atoms with Crippen molar-refractivity contribution in [2.75, 3.05) is 7.11 Å². The Hall–Kier alpha value is -0.610. The molecule has 0 amide bonds. The molecule has 4 heteroatoms. The number of aliphatic hydroxyl groups is 1. The summed E-state index contributed by atoms with van der Waals surface area (Å²) >= 11 is 3.16. The van der Waals surface area contributed by atoms with Gasteiger partial charge in [0.25, 0.3) is 0 Å². The Kier molecular flexibility index (Phi) is 3.97. The molecule has 0 spiro atoms. The summed E-state index contributed by atoms with van der Waals surface area (Å²) in [5.41, 5.74) is 0.528. The van der Waals surface area contributed by atoms with Crippen molar-refractivity contribution in [2.45, 2.75) is 38.7 Å². The number of ether oxygens (including phenoxy) is 1. The van der Waals surface area contributed by atoms with Crippen LogP contribution in [0.2, 0.25) is 0 Å². The second-order valence-electron chi connectivity index (χ2n) is 5.27. The average molecular weight is 317 g/mol. The molecule has 0 aliphatic heterocycles. The first kappa shape index (κ1) is 13.8. The Balaban J connectivity index is 2.40. The Bertz CT molecular complexity index is 442. The molecule has 100 valence electrons. The van der Waals surface area contributed by atoms with Crippen molar-refractivity contribution < 1.29 is 14.2 Å². The van der Waals surface area contributed by atoms with E-state index in [9.17, 15) is 9.50 Å². The van der Waals surface area contributed by atoms with Gasteiger partial charge < -0.3 is 9.84 Å². The molecule has 0 radical (unpaired) electrons. The number of aliphatic hydroxyl groups excluding tert-OH is 1. The molecule has 0 aromatic heterocycles. The molecule has 2 nitrogen and oxygen atoms in total. The van der Waals surface area contributed by atoms with Gasteiger partial charge in [-0.15, -0.1) is 0 Å². The van der Waals surface area contributed by atoms with Gasteiger partial charge in [0.15, 0.2) is 0 Å². The van der Waals surface area contributed by atoms with E-state index in [0.29, 0.717) is 15.8 Å². The van der Waals surface area contributed by atoms with Gasteiger partial charge in [-0.3, -0.25) is 0 Å². The molecule has 0 bridgehead atoms. The van der Waals surface area contributed by atoms with E-state index in [-0.39, 0.29) is 11.2 Å². The third kappa shape index (κ3) is 2.41. The zero-order chi connectivity index (χ0) is 13.3. The number of hydrogen-bond acceptors (Lipinski definition) is 2. The van der Waals surface area contributed by atoms with Crippen LogP contribution in [0, 0.1) is 11.2 Å². The molecule has 1 aromatic rings. The molecule has 1 aromatic carbocycles. The van der Waals surface area contributed by atoms with Gasteiger partial charge in [-0.1, -0.05) is 19.8 Å². The quantitative estimate of drug-likeness (QED) is 0.905. The topological polar surface area (TPSA) is 29.5 Å². The van der Waals surface area contributed by atoms with Crippen LogP contribution in [0.5, 0.6) is 5.75 Å². The van der Waals surface area contributed by atoms with Crippen molar-refractivity contribution in [3.8, 4) is 5.75 Å². The van der Waals surface area contributed by atoms with Crippen LogP contribution in [0.1, 0.15) is 44.3 Å². The highest BCUT2D eigenvalue weighted by molar-refractivity contribution is 9.10. The van der Waals surface area contributed by atoms with Crippen LogP contribution in [0.15, 0.2) is 16.6 Å². The molecular formula is C14H18BrFO2. The van der Waals surface area contributed by atoms with Crippen molar-refractivity contribution >= 4 is 15.9 Å². The second kappa shape index (κ2) is 5.17. The van der Waals surface area contributed by atoms with Gasteiger partial charge in [0.05, 0.1) is 17.7 Å². The Morgan fingerprint density at radius 1 is 1.39 bits per heavy atom. The van der Waals surface area contributed by atoms with Crippen molar-refractivity contribution in [1.82, 2.24) is 0 Å². The van der Waals surface area contributed by atoms with Gasteiger partial charge in [-0.05, 0) is 40.3 Å². The number of halogens is 2. The van der Waals surface area contributed by atoms with Crippen LogP contribution in [0.25, 0.3) is 0 Å². The standard InChI is InChI=1S/C14H18BrFO2/c1-14(5-3-4-6-14)13(17)9-7-10(15)11(16)8-12(9)18-2/h7-8,13,17H,3-6H2,1-2H3. The van der Waals surface area contributed by atoms with Crippen LogP contribution in [-0.2, 0) is 0 Å². The van der Waals surface area contributed by atoms with E-state index in [0.717, 1.165) is 25.7 Å². The summed E-state index contributed by atoms with van der Waals surface area (Å²) in [4.78, 5) is 0. The van der Waals surface area contributed by atoms with E-state index in [2.05, 4.69) is 22.9 Å². The van der Waals surface area contributed by atoms with Gasteiger partial charge in [-0.25, -0.2) is 4.39 Å². The van der Waals surface area contributed by atoms with Gasteiger partial charge >= 0.3 is 0 Å². The van der Waals surface area contributed by atoms with Crippen molar-refractivity contribution in [3.05, 3.63) is 28.0 Å². The van der Waals surface area contributed by atoms with Crippen LogP contribution in [-0.4, -0.2) is 12.2 Å². The first-order valence-electron chi connectivity index (χ1n) is 6.19. The highest BCUT2D eigenvalue weighted by Gasteiger charge is 2.38. The summed E-state index contributed by atoms with van der Waals surface area (Å²) in [6.07, 6.45) is 3.64. The molecule has 1 atom stereocenters. The fourth-order valence-electron chi connectivity index (χ4n) is 2.77. The van der Waals surface area contributed by atoms with Crippen molar-refractivity contribution in [2.24, 2.45) is 5.41 Å². The highest BCUT2D eigenvalue weighted by Crippen LogP contribution is 2.49. The summed E-state index contributed by atoms with van der Waals surface area (Å²) in [6, 6.07) is 2.95. The molecule has 0 heterocycles. The van der Waals surface area contributed by atoms with Crippen LogP contribution < -0.4 is 4.74 Å².